The molecule has 1 N–H and O–H groups in total. The predicted molar refractivity (Wildman–Crippen MR) is 86.0 cm³/mol. The molecule has 3 rings (SSSR count). The molecule has 1 aromatic heterocycles. The summed E-state index contributed by atoms with van der Waals surface area (Å²) in [7, 11) is 0. The number of thiazole rings is 1. The first-order valence-corrected chi connectivity index (χ1v) is 8.11. The van der Waals surface area contributed by atoms with Crippen LogP contribution in [0.1, 0.15) is 28.8 Å². The van der Waals surface area contributed by atoms with Crippen LogP contribution in [-0.4, -0.2) is 34.3 Å². The van der Waals surface area contributed by atoms with Crippen molar-refractivity contribution < 1.29 is 9.59 Å². The van der Waals surface area contributed by atoms with Gasteiger partial charge in [-0.25, -0.2) is 4.98 Å². The van der Waals surface area contributed by atoms with Crippen LogP contribution in [0, 0.1) is 6.92 Å². The van der Waals surface area contributed by atoms with Crippen molar-refractivity contribution in [2.75, 3.05) is 11.9 Å². The van der Waals surface area contributed by atoms with E-state index in [4.69, 9.17) is 0 Å². The van der Waals surface area contributed by atoms with Gasteiger partial charge in [-0.15, -0.1) is 11.3 Å². The molecule has 6 heteroatoms. The molecule has 0 aliphatic carbocycles. The van der Waals surface area contributed by atoms with E-state index in [9.17, 15) is 9.59 Å². The van der Waals surface area contributed by atoms with Gasteiger partial charge in [0.2, 0.25) is 5.91 Å². The lowest BCUT2D eigenvalue weighted by atomic mass is 10.1. The Morgan fingerprint density at radius 1 is 1.41 bits per heavy atom. The summed E-state index contributed by atoms with van der Waals surface area (Å²) in [5.41, 5.74) is 1.67. The standard InChI is InChI=1S/C16H17N3O2S/c1-11-4-2-5-12(10-11)15(21)19-8-3-6-13(19)14(20)18-16-17-7-9-22-16/h2,4-5,7,9-10,13H,3,6,8H2,1H3,(H,17,18,20). The number of likely N-dealkylation sites (tertiary alicyclic amines) is 1. The smallest absolute Gasteiger partial charge is 0.254 e. The molecule has 1 fully saturated rings. The first-order valence-electron chi connectivity index (χ1n) is 7.23. The van der Waals surface area contributed by atoms with Crippen molar-refractivity contribution in [3.8, 4) is 0 Å². The van der Waals surface area contributed by atoms with E-state index in [1.54, 1.807) is 22.5 Å². The van der Waals surface area contributed by atoms with E-state index in [0.717, 1.165) is 12.0 Å². The number of aromatic nitrogens is 1. The number of hydrogen-bond acceptors (Lipinski definition) is 4. The fourth-order valence-electron chi connectivity index (χ4n) is 2.70. The Morgan fingerprint density at radius 2 is 2.27 bits per heavy atom. The summed E-state index contributed by atoms with van der Waals surface area (Å²) in [6.07, 6.45) is 3.17. The topological polar surface area (TPSA) is 62.3 Å². The van der Waals surface area contributed by atoms with Gasteiger partial charge < -0.3 is 10.2 Å². The lowest BCUT2D eigenvalue weighted by molar-refractivity contribution is -0.119. The maximum absolute atomic E-state index is 12.6. The summed E-state index contributed by atoms with van der Waals surface area (Å²) in [5, 5.41) is 5.16. The zero-order chi connectivity index (χ0) is 15.5. The van der Waals surface area contributed by atoms with Crippen LogP contribution in [-0.2, 0) is 4.79 Å². The summed E-state index contributed by atoms with van der Waals surface area (Å²) in [6.45, 7) is 2.57. The van der Waals surface area contributed by atoms with Gasteiger partial charge in [0.15, 0.2) is 5.13 Å². The zero-order valence-electron chi connectivity index (χ0n) is 12.3. The van der Waals surface area contributed by atoms with Crippen molar-refractivity contribution in [3.63, 3.8) is 0 Å². The second-order valence-corrected chi connectivity index (χ2v) is 6.25. The SMILES string of the molecule is Cc1cccc(C(=O)N2CCCC2C(=O)Nc2nccs2)c1. The lowest BCUT2D eigenvalue weighted by Crippen LogP contribution is -2.43. The van der Waals surface area contributed by atoms with Crippen molar-refractivity contribution in [3.05, 3.63) is 47.0 Å². The number of rotatable bonds is 3. The lowest BCUT2D eigenvalue weighted by Gasteiger charge is -2.23. The monoisotopic (exact) mass is 315 g/mol. The molecule has 1 saturated heterocycles. The molecule has 1 aliphatic heterocycles. The number of carbonyl (C=O) groups is 2. The number of aryl methyl sites for hydroxylation is 1. The first kappa shape index (κ1) is 14.7. The highest BCUT2D eigenvalue weighted by Crippen LogP contribution is 2.22. The Kier molecular flexibility index (Phi) is 4.20. The van der Waals surface area contributed by atoms with Gasteiger partial charge in [-0.2, -0.15) is 0 Å². The molecule has 2 amide bonds. The Balaban J connectivity index is 1.75. The molecule has 2 aromatic rings. The van der Waals surface area contributed by atoms with Crippen molar-refractivity contribution in [2.24, 2.45) is 0 Å². The number of nitrogens with zero attached hydrogens (tertiary/aromatic N) is 2. The van der Waals surface area contributed by atoms with E-state index in [1.807, 2.05) is 25.1 Å². The van der Waals surface area contributed by atoms with Crippen LogP contribution in [0.5, 0.6) is 0 Å². The second-order valence-electron chi connectivity index (χ2n) is 5.35. The van der Waals surface area contributed by atoms with E-state index >= 15 is 0 Å². The number of carbonyl (C=O) groups excluding carboxylic acids is 2. The fourth-order valence-corrected chi connectivity index (χ4v) is 3.23. The number of amides is 2. The highest BCUT2D eigenvalue weighted by molar-refractivity contribution is 7.13. The third-order valence-corrected chi connectivity index (χ3v) is 4.43. The highest BCUT2D eigenvalue weighted by atomic mass is 32.1. The third kappa shape index (κ3) is 3.01. The average molecular weight is 315 g/mol. The molecular formula is C16H17N3O2S. The molecule has 5 nitrogen and oxygen atoms in total. The van der Waals surface area contributed by atoms with Gasteiger partial charge in [-0.3, -0.25) is 9.59 Å². The van der Waals surface area contributed by atoms with Crippen molar-refractivity contribution in [1.29, 1.82) is 0 Å². The van der Waals surface area contributed by atoms with Crippen LogP contribution in [0.25, 0.3) is 0 Å². The minimum atomic E-state index is -0.420. The minimum absolute atomic E-state index is 0.0829. The number of anilines is 1. The van der Waals surface area contributed by atoms with Gasteiger partial charge in [0.25, 0.3) is 5.91 Å². The summed E-state index contributed by atoms with van der Waals surface area (Å²) >= 11 is 1.37. The van der Waals surface area contributed by atoms with E-state index in [-0.39, 0.29) is 11.8 Å². The summed E-state index contributed by atoms with van der Waals surface area (Å²) in [6, 6.07) is 7.05. The number of benzene rings is 1. The van der Waals surface area contributed by atoms with Crippen LogP contribution < -0.4 is 5.32 Å². The summed E-state index contributed by atoms with van der Waals surface area (Å²) in [5.74, 6) is -0.242. The van der Waals surface area contributed by atoms with Crippen LogP contribution >= 0.6 is 11.3 Å². The molecule has 1 atom stereocenters. The first-order chi connectivity index (χ1) is 10.6. The molecule has 0 saturated carbocycles. The van der Waals surface area contributed by atoms with Crippen molar-refractivity contribution in [2.45, 2.75) is 25.8 Å². The molecule has 2 heterocycles. The Bertz CT molecular complexity index is 684. The van der Waals surface area contributed by atoms with Gasteiger partial charge in [-0.05, 0) is 31.9 Å². The normalized spacial score (nSPS) is 17.5. The van der Waals surface area contributed by atoms with Crippen LogP contribution in [0.2, 0.25) is 0 Å². The Hall–Kier alpha value is -2.21. The maximum atomic E-state index is 12.6. The van der Waals surface area contributed by atoms with E-state index in [0.29, 0.717) is 23.7 Å². The molecule has 1 unspecified atom stereocenters. The van der Waals surface area contributed by atoms with Gasteiger partial charge in [-0.1, -0.05) is 17.7 Å². The van der Waals surface area contributed by atoms with Gasteiger partial charge in [0, 0.05) is 23.7 Å². The molecular weight excluding hydrogens is 298 g/mol. The second kappa shape index (κ2) is 6.27. The van der Waals surface area contributed by atoms with E-state index in [2.05, 4.69) is 10.3 Å². The number of nitrogens with one attached hydrogen (secondary N) is 1. The number of hydrogen-bond donors (Lipinski definition) is 1. The van der Waals surface area contributed by atoms with E-state index < -0.39 is 6.04 Å². The molecule has 1 aliphatic rings. The zero-order valence-corrected chi connectivity index (χ0v) is 13.1. The van der Waals surface area contributed by atoms with Crippen molar-refractivity contribution in [1.82, 2.24) is 9.88 Å². The molecule has 0 spiro atoms. The molecule has 114 valence electrons. The van der Waals surface area contributed by atoms with Gasteiger partial charge >= 0.3 is 0 Å². The molecule has 0 bridgehead atoms. The predicted octanol–water partition coefficient (Wildman–Crippen LogP) is 2.69. The third-order valence-electron chi connectivity index (χ3n) is 3.74. The molecule has 1 aromatic carbocycles. The minimum Gasteiger partial charge on any atom is -0.327 e. The Labute approximate surface area is 133 Å². The van der Waals surface area contributed by atoms with Crippen LogP contribution in [0.4, 0.5) is 5.13 Å². The maximum Gasteiger partial charge on any atom is 0.254 e. The molecule has 22 heavy (non-hydrogen) atoms. The van der Waals surface area contributed by atoms with Gasteiger partial charge in [0.1, 0.15) is 6.04 Å². The quantitative estimate of drug-likeness (QED) is 0.947. The van der Waals surface area contributed by atoms with Crippen LogP contribution in [0.3, 0.4) is 0 Å². The highest BCUT2D eigenvalue weighted by Gasteiger charge is 2.34. The van der Waals surface area contributed by atoms with Crippen molar-refractivity contribution >= 4 is 28.3 Å². The van der Waals surface area contributed by atoms with Gasteiger partial charge in [0.05, 0.1) is 0 Å². The van der Waals surface area contributed by atoms with Crippen LogP contribution in [0.15, 0.2) is 35.8 Å². The summed E-state index contributed by atoms with van der Waals surface area (Å²) in [4.78, 5) is 30.8. The largest absolute Gasteiger partial charge is 0.327 e. The molecule has 0 radical (unpaired) electrons. The Morgan fingerprint density at radius 3 is 3.00 bits per heavy atom. The van der Waals surface area contributed by atoms with E-state index in [1.165, 1.54) is 11.3 Å². The average Bonchev–Trinajstić information content (AvgIpc) is 3.17. The summed E-state index contributed by atoms with van der Waals surface area (Å²) < 4.78 is 0. The fraction of sp³-hybridized carbons (Fsp3) is 0.312.